The van der Waals surface area contributed by atoms with Gasteiger partial charge < -0.3 is 29.0 Å². The third-order valence-electron chi connectivity index (χ3n) is 7.65. The predicted octanol–water partition coefficient (Wildman–Crippen LogP) is 8.39. The van der Waals surface area contributed by atoms with E-state index in [0.717, 1.165) is 5.56 Å². The third-order valence-corrected chi connectivity index (χ3v) is 7.65. The first kappa shape index (κ1) is 37.6. The number of methoxy groups -OCH3 is 3. The molecule has 0 amide bonds. The van der Waals surface area contributed by atoms with Crippen molar-refractivity contribution < 1.29 is 55.2 Å². The minimum Gasteiger partial charge on any atom is -0.496 e. The maximum absolute atomic E-state index is 13.8. The minimum atomic E-state index is -5.05. The molecule has 0 atom stereocenters. The van der Waals surface area contributed by atoms with E-state index in [1.165, 1.54) is 38.6 Å². The second-order valence-electron chi connectivity index (χ2n) is 11.5. The lowest BCUT2D eigenvalue weighted by atomic mass is 9.93. The molecule has 3 aromatic carbocycles. The van der Waals surface area contributed by atoms with Gasteiger partial charge in [-0.05, 0) is 70.6 Å². The molecule has 1 N–H and O–H groups in total. The summed E-state index contributed by atoms with van der Waals surface area (Å²) in [5.74, 6) is 0.262. The standard InChI is InChI=1S/C35H35F6N3O6/c1-20(2)22-6-7-29(47-3)28(12-22)27-15-31(49-5)30(48-4)13-23(27)19-44(33-42-16-26(17-43-33)50-9-8-32(45)46)18-21-10-24(34(36,37)38)14-25(11-21)35(39,40)41/h6-7,10-17,20H,8-9,18-19H2,1-5H3,(H,45,46). The van der Waals surface area contributed by atoms with Crippen LogP contribution in [0, 0.1) is 0 Å². The van der Waals surface area contributed by atoms with Gasteiger partial charge in [-0.1, -0.05) is 19.9 Å². The number of carboxylic acids is 1. The fraction of sp³-hybridized carbons (Fsp3) is 0.343. The summed E-state index contributed by atoms with van der Waals surface area (Å²) in [5.41, 5.74) is -0.505. The SMILES string of the molecule is COc1cc(CN(Cc2cc(C(F)(F)F)cc(C(F)(F)F)c2)c2ncc(OCCC(=O)O)cn2)c(-c2cc(C(C)C)ccc2OC)cc1OC. The molecule has 0 fully saturated rings. The number of rotatable bonds is 14. The van der Waals surface area contributed by atoms with Gasteiger partial charge in [-0.2, -0.15) is 26.3 Å². The molecule has 0 aliphatic rings. The Labute approximate surface area is 284 Å². The first-order valence-electron chi connectivity index (χ1n) is 15.2. The monoisotopic (exact) mass is 707 g/mol. The highest BCUT2D eigenvalue weighted by Gasteiger charge is 2.37. The number of aromatic nitrogens is 2. The Morgan fingerprint density at radius 3 is 1.88 bits per heavy atom. The van der Waals surface area contributed by atoms with Crippen molar-refractivity contribution in [3.8, 4) is 34.1 Å². The van der Waals surface area contributed by atoms with Crippen LogP contribution in [0.1, 0.15) is 54.0 Å². The second-order valence-corrected chi connectivity index (χ2v) is 11.5. The highest BCUT2D eigenvalue weighted by Crippen LogP contribution is 2.42. The van der Waals surface area contributed by atoms with Gasteiger partial charge >= 0.3 is 18.3 Å². The zero-order valence-electron chi connectivity index (χ0n) is 27.8. The largest absolute Gasteiger partial charge is 0.496 e. The minimum absolute atomic E-state index is 0.0635. The van der Waals surface area contributed by atoms with E-state index in [4.69, 9.17) is 24.1 Å². The molecule has 15 heteroatoms. The molecule has 0 saturated carbocycles. The number of hydrogen-bond donors (Lipinski definition) is 1. The Hall–Kier alpha value is -5.21. The zero-order chi connectivity index (χ0) is 36.8. The number of nitrogens with zero attached hydrogens (tertiary/aromatic N) is 3. The van der Waals surface area contributed by atoms with Gasteiger partial charge in [0.05, 0.1) is 57.9 Å². The van der Waals surface area contributed by atoms with Crippen LogP contribution in [-0.4, -0.2) is 49.0 Å². The molecule has 1 heterocycles. The number of anilines is 1. The smallest absolute Gasteiger partial charge is 0.416 e. The molecule has 1 aromatic heterocycles. The number of benzene rings is 3. The number of alkyl halides is 6. The molecule has 268 valence electrons. The van der Waals surface area contributed by atoms with Crippen LogP contribution in [0.4, 0.5) is 32.3 Å². The van der Waals surface area contributed by atoms with Crippen LogP contribution in [-0.2, 0) is 30.2 Å². The van der Waals surface area contributed by atoms with Crippen LogP contribution in [0.15, 0.2) is 60.9 Å². The predicted molar refractivity (Wildman–Crippen MR) is 172 cm³/mol. The molecule has 0 aliphatic carbocycles. The molecule has 9 nitrogen and oxygen atoms in total. The van der Waals surface area contributed by atoms with Crippen molar-refractivity contribution in [2.75, 3.05) is 32.8 Å². The van der Waals surface area contributed by atoms with Gasteiger partial charge in [0.15, 0.2) is 17.2 Å². The van der Waals surface area contributed by atoms with Gasteiger partial charge in [-0.15, -0.1) is 0 Å². The van der Waals surface area contributed by atoms with Crippen LogP contribution in [0.3, 0.4) is 0 Å². The van der Waals surface area contributed by atoms with E-state index in [1.54, 1.807) is 18.2 Å². The van der Waals surface area contributed by atoms with E-state index < -0.39 is 36.0 Å². The Balaban J connectivity index is 1.90. The highest BCUT2D eigenvalue weighted by atomic mass is 19.4. The summed E-state index contributed by atoms with van der Waals surface area (Å²) in [5, 5.41) is 8.90. The van der Waals surface area contributed by atoms with Crippen molar-refractivity contribution in [1.82, 2.24) is 9.97 Å². The summed E-state index contributed by atoms with van der Waals surface area (Å²) < 4.78 is 105. The fourth-order valence-electron chi connectivity index (χ4n) is 5.14. The average Bonchev–Trinajstić information content (AvgIpc) is 3.06. The fourth-order valence-corrected chi connectivity index (χ4v) is 5.14. The van der Waals surface area contributed by atoms with Crippen LogP contribution < -0.4 is 23.8 Å². The number of ether oxygens (including phenoxy) is 4. The molecule has 0 unspecified atom stereocenters. The van der Waals surface area contributed by atoms with Crippen molar-refractivity contribution in [1.29, 1.82) is 0 Å². The summed E-state index contributed by atoms with van der Waals surface area (Å²) >= 11 is 0. The van der Waals surface area contributed by atoms with E-state index >= 15 is 0 Å². The third kappa shape index (κ3) is 9.27. The van der Waals surface area contributed by atoms with E-state index in [2.05, 4.69) is 9.97 Å². The van der Waals surface area contributed by atoms with Crippen molar-refractivity contribution in [2.45, 2.75) is 51.6 Å². The number of carbonyl (C=O) groups is 1. The van der Waals surface area contributed by atoms with Crippen LogP contribution >= 0.6 is 0 Å². The maximum atomic E-state index is 13.8. The van der Waals surface area contributed by atoms with E-state index in [1.807, 2.05) is 26.0 Å². The summed E-state index contributed by atoms with van der Waals surface area (Å²) in [4.78, 5) is 20.8. The van der Waals surface area contributed by atoms with Crippen molar-refractivity contribution in [2.24, 2.45) is 0 Å². The van der Waals surface area contributed by atoms with Crippen LogP contribution in [0.2, 0.25) is 0 Å². The molecule has 4 aromatic rings. The van der Waals surface area contributed by atoms with Gasteiger partial charge in [-0.3, -0.25) is 4.79 Å². The zero-order valence-corrected chi connectivity index (χ0v) is 27.8. The maximum Gasteiger partial charge on any atom is 0.416 e. The Morgan fingerprint density at radius 2 is 1.36 bits per heavy atom. The number of carboxylic acid groups (broad SMARTS) is 1. The van der Waals surface area contributed by atoms with Crippen LogP contribution in [0.25, 0.3) is 11.1 Å². The van der Waals surface area contributed by atoms with Crippen LogP contribution in [0.5, 0.6) is 23.0 Å². The molecular formula is C35H35F6N3O6. The first-order valence-corrected chi connectivity index (χ1v) is 15.2. The normalized spacial score (nSPS) is 11.8. The quantitative estimate of drug-likeness (QED) is 0.130. The molecule has 0 saturated heterocycles. The molecule has 4 rings (SSSR count). The molecular weight excluding hydrogens is 672 g/mol. The Bertz CT molecular complexity index is 1760. The lowest BCUT2D eigenvalue weighted by molar-refractivity contribution is -0.143. The number of halogens is 6. The topological polar surface area (TPSA) is 103 Å². The van der Waals surface area contributed by atoms with Crippen molar-refractivity contribution in [3.05, 3.63) is 88.7 Å². The van der Waals surface area contributed by atoms with E-state index in [9.17, 15) is 31.1 Å². The molecule has 0 spiro atoms. The van der Waals surface area contributed by atoms with Gasteiger partial charge in [0, 0.05) is 18.7 Å². The summed E-state index contributed by atoms with van der Waals surface area (Å²) in [6.45, 7) is 3.22. The van der Waals surface area contributed by atoms with E-state index in [-0.39, 0.29) is 48.8 Å². The Kier molecular flexibility index (Phi) is 11.7. The molecule has 50 heavy (non-hydrogen) atoms. The molecule has 0 bridgehead atoms. The molecule has 0 radical (unpaired) electrons. The Morgan fingerprint density at radius 1 is 0.780 bits per heavy atom. The average molecular weight is 708 g/mol. The van der Waals surface area contributed by atoms with E-state index in [0.29, 0.717) is 46.1 Å². The van der Waals surface area contributed by atoms with Gasteiger partial charge in [0.25, 0.3) is 0 Å². The lowest BCUT2D eigenvalue weighted by Crippen LogP contribution is -2.25. The first-order chi connectivity index (χ1) is 23.5. The summed E-state index contributed by atoms with van der Waals surface area (Å²) in [6, 6.07) is 10.4. The lowest BCUT2D eigenvalue weighted by Gasteiger charge is -2.26. The van der Waals surface area contributed by atoms with Crippen molar-refractivity contribution >= 4 is 11.9 Å². The second kappa shape index (κ2) is 15.6. The number of aliphatic carboxylic acids is 1. The van der Waals surface area contributed by atoms with Gasteiger partial charge in [-0.25, -0.2) is 9.97 Å². The summed E-state index contributed by atoms with van der Waals surface area (Å²) in [7, 11) is 4.38. The van der Waals surface area contributed by atoms with Gasteiger partial charge in [0.2, 0.25) is 5.95 Å². The number of hydrogen-bond acceptors (Lipinski definition) is 8. The van der Waals surface area contributed by atoms with Crippen molar-refractivity contribution in [3.63, 3.8) is 0 Å². The molecule has 0 aliphatic heterocycles. The summed E-state index contributed by atoms with van der Waals surface area (Å²) in [6.07, 6.45) is -7.94. The highest BCUT2D eigenvalue weighted by molar-refractivity contribution is 5.77. The van der Waals surface area contributed by atoms with Gasteiger partial charge in [0.1, 0.15) is 5.75 Å².